The molecule has 1 aromatic carbocycles. The molecule has 0 aliphatic carbocycles. The largest absolute Gasteiger partial charge is 0.327 e. The molecule has 1 aromatic rings. The minimum Gasteiger partial charge on any atom is -0.327 e. The number of rotatable bonds is 4. The van der Waals surface area contributed by atoms with Crippen molar-refractivity contribution in [1.82, 2.24) is 0 Å². The summed E-state index contributed by atoms with van der Waals surface area (Å²) in [6, 6.07) is 7.73. The first-order valence-corrected chi connectivity index (χ1v) is 6.48. The predicted octanol–water partition coefficient (Wildman–Crippen LogP) is 2.95. The number of amides is 1. The van der Waals surface area contributed by atoms with E-state index in [0.717, 1.165) is 17.7 Å². The van der Waals surface area contributed by atoms with E-state index in [2.05, 4.69) is 12.2 Å². The van der Waals surface area contributed by atoms with E-state index in [-0.39, 0.29) is 17.4 Å². The van der Waals surface area contributed by atoms with Crippen LogP contribution in [0.1, 0.15) is 39.7 Å². The Morgan fingerprint density at radius 1 is 1.33 bits per heavy atom. The van der Waals surface area contributed by atoms with Crippen LogP contribution < -0.4 is 11.1 Å². The molecule has 0 saturated carbocycles. The highest BCUT2D eigenvalue weighted by Gasteiger charge is 2.23. The molecule has 3 N–H and O–H groups in total. The van der Waals surface area contributed by atoms with Crippen molar-refractivity contribution in [3.63, 3.8) is 0 Å². The van der Waals surface area contributed by atoms with Gasteiger partial charge in [0.15, 0.2) is 0 Å². The van der Waals surface area contributed by atoms with Crippen LogP contribution in [0.4, 0.5) is 5.69 Å². The summed E-state index contributed by atoms with van der Waals surface area (Å²) < 4.78 is 0. The SMILES string of the molecule is CCc1ccccc1NC(=O)CC(N)C(C)(C)C. The molecular weight excluding hydrogens is 224 g/mol. The van der Waals surface area contributed by atoms with Gasteiger partial charge in [0.25, 0.3) is 0 Å². The molecule has 1 atom stereocenters. The first kappa shape index (κ1) is 14.7. The standard InChI is InChI=1S/C15H24N2O/c1-5-11-8-6-7-9-12(11)17-14(18)10-13(16)15(2,3)4/h6-9,13H,5,10,16H2,1-4H3,(H,17,18). The molecule has 1 rings (SSSR count). The van der Waals surface area contributed by atoms with Gasteiger partial charge in [-0.25, -0.2) is 0 Å². The highest BCUT2D eigenvalue weighted by molar-refractivity contribution is 5.91. The number of hydrogen-bond acceptors (Lipinski definition) is 2. The lowest BCUT2D eigenvalue weighted by Gasteiger charge is -2.26. The molecule has 3 heteroatoms. The number of nitrogens with two attached hydrogens (primary N) is 1. The van der Waals surface area contributed by atoms with Crippen LogP contribution in [0.5, 0.6) is 0 Å². The van der Waals surface area contributed by atoms with Gasteiger partial charge in [0, 0.05) is 18.2 Å². The molecule has 0 bridgehead atoms. The third kappa shape index (κ3) is 4.15. The average Bonchev–Trinajstić information content (AvgIpc) is 2.28. The second kappa shape index (κ2) is 6.01. The molecule has 0 heterocycles. The van der Waals surface area contributed by atoms with Crippen molar-refractivity contribution in [2.75, 3.05) is 5.32 Å². The van der Waals surface area contributed by atoms with Crippen LogP contribution in [-0.2, 0) is 11.2 Å². The summed E-state index contributed by atoms with van der Waals surface area (Å²) in [7, 11) is 0. The molecular formula is C15H24N2O. The van der Waals surface area contributed by atoms with Crippen LogP contribution in [0.2, 0.25) is 0 Å². The van der Waals surface area contributed by atoms with Crippen molar-refractivity contribution >= 4 is 11.6 Å². The van der Waals surface area contributed by atoms with E-state index in [0.29, 0.717) is 6.42 Å². The molecule has 1 amide bonds. The zero-order valence-electron chi connectivity index (χ0n) is 11.8. The maximum atomic E-state index is 11.9. The van der Waals surface area contributed by atoms with Gasteiger partial charge in [0.1, 0.15) is 0 Å². The van der Waals surface area contributed by atoms with Crippen LogP contribution in [0.25, 0.3) is 0 Å². The number of hydrogen-bond donors (Lipinski definition) is 2. The van der Waals surface area contributed by atoms with Crippen LogP contribution in [0.3, 0.4) is 0 Å². The summed E-state index contributed by atoms with van der Waals surface area (Å²) in [5.74, 6) is -0.0154. The van der Waals surface area contributed by atoms with Crippen LogP contribution in [-0.4, -0.2) is 11.9 Å². The summed E-state index contributed by atoms with van der Waals surface area (Å²) in [6.07, 6.45) is 1.25. The summed E-state index contributed by atoms with van der Waals surface area (Å²) >= 11 is 0. The van der Waals surface area contributed by atoms with Gasteiger partial charge in [-0.3, -0.25) is 4.79 Å². The fraction of sp³-hybridized carbons (Fsp3) is 0.533. The van der Waals surface area contributed by atoms with Gasteiger partial charge in [0.2, 0.25) is 5.91 Å². The van der Waals surface area contributed by atoms with Gasteiger partial charge in [0.05, 0.1) is 0 Å². The number of nitrogens with one attached hydrogen (secondary N) is 1. The fourth-order valence-electron chi connectivity index (χ4n) is 1.66. The van der Waals surface area contributed by atoms with Gasteiger partial charge in [-0.2, -0.15) is 0 Å². The van der Waals surface area contributed by atoms with Gasteiger partial charge >= 0.3 is 0 Å². The smallest absolute Gasteiger partial charge is 0.225 e. The number of aryl methyl sites for hydroxylation is 1. The number of para-hydroxylation sites is 1. The molecule has 0 aliphatic rings. The highest BCUT2D eigenvalue weighted by Crippen LogP contribution is 2.21. The lowest BCUT2D eigenvalue weighted by Crippen LogP contribution is -2.38. The van der Waals surface area contributed by atoms with Crippen LogP contribution in [0, 0.1) is 5.41 Å². The monoisotopic (exact) mass is 248 g/mol. The molecule has 0 fully saturated rings. The Hall–Kier alpha value is -1.35. The second-order valence-corrected chi connectivity index (χ2v) is 5.74. The van der Waals surface area contributed by atoms with E-state index in [4.69, 9.17) is 5.73 Å². The first-order chi connectivity index (χ1) is 8.34. The highest BCUT2D eigenvalue weighted by atomic mass is 16.1. The molecule has 0 spiro atoms. The Morgan fingerprint density at radius 2 is 1.94 bits per heavy atom. The lowest BCUT2D eigenvalue weighted by molar-refractivity contribution is -0.117. The van der Waals surface area contributed by atoms with E-state index >= 15 is 0 Å². The quantitative estimate of drug-likeness (QED) is 0.860. The molecule has 1 unspecified atom stereocenters. The molecule has 18 heavy (non-hydrogen) atoms. The van der Waals surface area contributed by atoms with Crippen molar-refractivity contribution in [2.45, 2.75) is 46.6 Å². The minimum absolute atomic E-state index is 0.0154. The Labute approximate surface area is 110 Å². The van der Waals surface area contributed by atoms with Gasteiger partial charge in [-0.15, -0.1) is 0 Å². The zero-order valence-corrected chi connectivity index (χ0v) is 11.8. The van der Waals surface area contributed by atoms with Crippen LogP contribution >= 0.6 is 0 Å². The van der Waals surface area contributed by atoms with Crippen LogP contribution in [0.15, 0.2) is 24.3 Å². The fourth-order valence-corrected chi connectivity index (χ4v) is 1.66. The molecule has 0 radical (unpaired) electrons. The van der Waals surface area contributed by atoms with Crippen molar-refractivity contribution in [3.05, 3.63) is 29.8 Å². The van der Waals surface area contributed by atoms with Gasteiger partial charge in [-0.05, 0) is 23.5 Å². The summed E-state index contributed by atoms with van der Waals surface area (Å²) in [6.45, 7) is 8.21. The molecule has 0 aromatic heterocycles. The Balaban J connectivity index is 2.65. The molecule has 0 aliphatic heterocycles. The Bertz CT molecular complexity index is 407. The van der Waals surface area contributed by atoms with Crippen molar-refractivity contribution in [2.24, 2.45) is 11.1 Å². The van der Waals surface area contributed by atoms with E-state index in [9.17, 15) is 4.79 Å². The van der Waals surface area contributed by atoms with Crippen molar-refractivity contribution < 1.29 is 4.79 Å². The number of anilines is 1. The van der Waals surface area contributed by atoms with Crippen molar-refractivity contribution in [1.29, 1.82) is 0 Å². The normalized spacial score (nSPS) is 13.2. The summed E-state index contributed by atoms with van der Waals surface area (Å²) in [5, 5.41) is 2.95. The third-order valence-electron chi connectivity index (χ3n) is 3.19. The minimum atomic E-state index is -0.133. The molecule has 0 saturated heterocycles. The topological polar surface area (TPSA) is 55.1 Å². The maximum absolute atomic E-state index is 11.9. The zero-order chi connectivity index (χ0) is 13.8. The Kier molecular flexibility index (Phi) is 4.91. The van der Waals surface area contributed by atoms with Crippen molar-refractivity contribution in [3.8, 4) is 0 Å². The second-order valence-electron chi connectivity index (χ2n) is 5.74. The maximum Gasteiger partial charge on any atom is 0.225 e. The average molecular weight is 248 g/mol. The summed E-state index contributed by atoms with van der Waals surface area (Å²) in [4.78, 5) is 11.9. The van der Waals surface area contributed by atoms with E-state index < -0.39 is 0 Å². The third-order valence-corrected chi connectivity index (χ3v) is 3.19. The summed E-state index contributed by atoms with van der Waals surface area (Å²) in [5.41, 5.74) is 8.00. The number of benzene rings is 1. The molecule has 100 valence electrons. The Morgan fingerprint density at radius 3 is 2.50 bits per heavy atom. The van der Waals surface area contributed by atoms with Gasteiger partial charge < -0.3 is 11.1 Å². The molecule has 3 nitrogen and oxygen atoms in total. The van der Waals surface area contributed by atoms with E-state index in [1.165, 1.54) is 0 Å². The van der Waals surface area contributed by atoms with E-state index in [1.807, 2.05) is 45.0 Å². The predicted molar refractivity (Wildman–Crippen MR) is 76.5 cm³/mol. The van der Waals surface area contributed by atoms with E-state index in [1.54, 1.807) is 0 Å². The van der Waals surface area contributed by atoms with Gasteiger partial charge in [-0.1, -0.05) is 45.9 Å². The number of carbonyl (C=O) groups is 1. The first-order valence-electron chi connectivity index (χ1n) is 6.48. The lowest BCUT2D eigenvalue weighted by atomic mass is 9.85. The number of carbonyl (C=O) groups excluding carboxylic acids is 1.